The van der Waals surface area contributed by atoms with E-state index in [0.29, 0.717) is 24.9 Å². The second-order valence-electron chi connectivity index (χ2n) is 11.9. The maximum absolute atomic E-state index is 12.7. The van der Waals surface area contributed by atoms with Crippen LogP contribution in [0.15, 0.2) is 46.3 Å². The molecule has 0 atom stereocenters. The highest BCUT2D eigenvalue weighted by atomic mass is 35.5. The number of anilines is 1. The molecule has 11 heteroatoms. The van der Waals surface area contributed by atoms with Crippen molar-refractivity contribution in [2.45, 2.75) is 82.7 Å². The van der Waals surface area contributed by atoms with Gasteiger partial charge in [0.05, 0.1) is 16.8 Å². The van der Waals surface area contributed by atoms with Crippen LogP contribution in [0.4, 0.5) is 5.69 Å². The molecular formula is C34H43Cl2N4O3S2+. The van der Waals surface area contributed by atoms with E-state index in [2.05, 4.69) is 51.7 Å². The number of hydrogen-bond acceptors (Lipinski definition) is 6. The Balaban J connectivity index is 1.14. The summed E-state index contributed by atoms with van der Waals surface area (Å²) >= 11 is 16.3. The van der Waals surface area contributed by atoms with Gasteiger partial charge in [-0.3, -0.25) is 9.59 Å². The fraction of sp³-hybridized carbons (Fsp3) is 0.500. The first-order chi connectivity index (χ1) is 21.7. The molecule has 0 radical (unpaired) electrons. The summed E-state index contributed by atoms with van der Waals surface area (Å²) in [6.45, 7) is 8.29. The van der Waals surface area contributed by atoms with E-state index in [1.807, 2.05) is 24.3 Å². The third-order valence-corrected chi connectivity index (χ3v) is 11.6. The smallest absolute Gasteiger partial charge is 0.303 e. The van der Waals surface area contributed by atoms with Crippen molar-refractivity contribution >= 4 is 80.2 Å². The molecule has 5 rings (SSSR count). The second-order valence-corrected chi connectivity index (χ2v) is 14.9. The van der Waals surface area contributed by atoms with E-state index in [4.69, 9.17) is 28.3 Å². The van der Waals surface area contributed by atoms with Gasteiger partial charge in [0.1, 0.15) is 4.70 Å². The molecule has 1 fully saturated rings. The van der Waals surface area contributed by atoms with E-state index in [1.165, 1.54) is 19.6 Å². The lowest BCUT2D eigenvalue weighted by molar-refractivity contribution is -0.669. The van der Waals surface area contributed by atoms with Crippen LogP contribution in [0.5, 0.6) is 0 Å². The summed E-state index contributed by atoms with van der Waals surface area (Å²) in [5.41, 5.74) is 2.28. The number of hydrogen-bond donors (Lipinski definition) is 2. The van der Waals surface area contributed by atoms with Gasteiger partial charge in [-0.25, -0.2) is 0 Å². The molecule has 7 nitrogen and oxygen atoms in total. The lowest BCUT2D eigenvalue weighted by Crippen LogP contribution is -2.40. The summed E-state index contributed by atoms with van der Waals surface area (Å²) in [4.78, 5) is 29.7. The van der Waals surface area contributed by atoms with Crippen molar-refractivity contribution in [2.75, 3.05) is 31.1 Å². The minimum Gasteiger partial charge on any atom is -0.481 e. The van der Waals surface area contributed by atoms with Gasteiger partial charge in [0.2, 0.25) is 11.4 Å². The largest absolute Gasteiger partial charge is 0.481 e. The fourth-order valence-electron chi connectivity index (χ4n) is 6.54. The zero-order chi connectivity index (χ0) is 31.9. The van der Waals surface area contributed by atoms with E-state index in [1.54, 1.807) is 23.1 Å². The number of thioether (sulfide) groups is 1. The normalized spacial score (nSPS) is 19.0. The molecule has 242 valence electrons. The average Bonchev–Trinajstić information content (AvgIpc) is 3.53. The Kier molecular flexibility index (Phi) is 12.1. The predicted molar refractivity (Wildman–Crippen MR) is 187 cm³/mol. The molecule has 1 aliphatic carbocycles. The number of nitrogens with one attached hydrogen (secondary N) is 1. The molecule has 0 bridgehead atoms. The van der Waals surface area contributed by atoms with E-state index in [-0.39, 0.29) is 12.3 Å². The monoisotopic (exact) mass is 689 g/mol. The summed E-state index contributed by atoms with van der Waals surface area (Å²) in [7, 11) is 0. The molecule has 3 aromatic rings. The number of carbonyl (C=O) groups excluding carboxylic acids is 1. The SMILES string of the molecule is CCN1/C(=C/c2sc3ccc(Cl)cc3[n+]2CCCCNC(=O)CCN(CC)C2CCC(CC(=O)O)CC2)Sc2ccc(Cl)cc21. The number of unbranched alkanes of at least 4 members (excludes halogenated alkanes) is 1. The van der Waals surface area contributed by atoms with Crippen LogP contribution >= 0.6 is 46.3 Å². The molecule has 45 heavy (non-hydrogen) atoms. The van der Waals surface area contributed by atoms with Crippen LogP contribution in [0.2, 0.25) is 10.0 Å². The number of halogens is 2. The summed E-state index contributed by atoms with van der Waals surface area (Å²) < 4.78 is 3.55. The molecule has 1 aliphatic heterocycles. The zero-order valence-corrected chi connectivity index (χ0v) is 29.2. The van der Waals surface area contributed by atoms with Gasteiger partial charge in [0.25, 0.3) is 5.01 Å². The Morgan fingerprint density at radius 3 is 2.58 bits per heavy atom. The van der Waals surface area contributed by atoms with Crippen molar-refractivity contribution in [1.29, 1.82) is 0 Å². The first-order valence-electron chi connectivity index (χ1n) is 16.1. The van der Waals surface area contributed by atoms with Crippen LogP contribution in [0.3, 0.4) is 0 Å². The van der Waals surface area contributed by atoms with Gasteiger partial charge in [-0.1, -0.05) is 53.2 Å². The van der Waals surface area contributed by atoms with E-state index >= 15 is 0 Å². The van der Waals surface area contributed by atoms with Gasteiger partial charge in [-0.05, 0) is 81.8 Å². The first-order valence-corrected chi connectivity index (χ1v) is 18.5. The Hall–Kier alpha value is -2.30. The Morgan fingerprint density at radius 2 is 1.84 bits per heavy atom. The maximum atomic E-state index is 12.7. The van der Waals surface area contributed by atoms with Crippen molar-refractivity contribution in [3.05, 3.63) is 56.5 Å². The van der Waals surface area contributed by atoms with Crippen molar-refractivity contribution in [1.82, 2.24) is 10.2 Å². The number of benzene rings is 2. The molecule has 1 saturated carbocycles. The number of aromatic nitrogens is 1. The lowest BCUT2D eigenvalue weighted by atomic mass is 9.83. The molecule has 1 amide bonds. The lowest BCUT2D eigenvalue weighted by Gasteiger charge is -2.36. The number of aryl methyl sites for hydroxylation is 1. The van der Waals surface area contributed by atoms with E-state index in [9.17, 15) is 9.59 Å². The Bertz CT molecular complexity index is 1540. The molecule has 0 saturated heterocycles. The van der Waals surface area contributed by atoms with E-state index < -0.39 is 5.97 Å². The number of amides is 1. The number of fused-ring (bicyclic) bond motifs is 2. The number of carboxylic acids is 1. The van der Waals surface area contributed by atoms with Crippen LogP contribution in [0, 0.1) is 5.92 Å². The minimum absolute atomic E-state index is 0.0939. The van der Waals surface area contributed by atoms with Crippen molar-refractivity contribution in [3.8, 4) is 0 Å². The van der Waals surface area contributed by atoms with Crippen LogP contribution in [0.25, 0.3) is 16.3 Å². The van der Waals surface area contributed by atoms with Crippen LogP contribution in [0.1, 0.15) is 70.2 Å². The topological polar surface area (TPSA) is 76.8 Å². The van der Waals surface area contributed by atoms with Crippen LogP contribution in [-0.4, -0.2) is 54.1 Å². The van der Waals surface area contributed by atoms with E-state index in [0.717, 1.165) is 86.0 Å². The van der Waals surface area contributed by atoms with Gasteiger partial charge < -0.3 is 20.2 Å². The summed E-state index contributed by atoms with van der Waals surface area (Å²) in [5, 5.41) is 16.0. The molecule has 2 N–H and O–H groups in total. The second kappa shape index (κ2) is 16.0. The van der Waals surface area contributed by atoms with Crippen LogP contribution < -0.4 is 14.8 Å². The summed E-state index contributed by atoms with van der Waals surface area (Å²) in [6.07, 6.45) is 8.81. The summed E-state index contributed by atoms with van der Waals surface area (Å²) in [5.74, 6) is -0.313. The van der Waals surface area contributed by atoms with Gasteiger partial charge in [-0.15, -0.1) is 0 Å². The molecule has 0 unspecified atom stereocenters. The molecule has 0 spiro atoms. The van der Waals surface area contributed by atoms with Crippen molar-refractivity contribution in [3.63, 3.8) is 0 Å². The number of carbonyl (C=O) groups is 2. The molecule has 2 heterocycles. The van der Waals surface area contributed by atoms with Crippen molar-refractivity contribution < 1.29 is 19.3 Å². The Morgan fingerprint density at radius 1 is 1.09 bits per heavy atom. The number of nitrogens with zero attached hydrogens (tertiary/aromatic N) is 3. The fourth-order valence-corrected chi connectivity index (χ4v) is 9.20. The van der Waals surface area contributed by atoms with Gasteiger partial charge >= 0.3 is 5.97 Å². The highest BCUT2D eigenvalue weighted by molar-refractivity contribution is 8.03. The quantitative estimate of drug-likeness (QED) is 0.132. The number of aliphatic carboxylic acids is 1. The summed E-state index contributed by atoms with van der Waals surface area (Å²) in [6, 6.07) is 12.6. The third-order valence-electron chi connectivity index (χ3n) is 8.91. The predicted octanol–water partition coefficient (Wildman–Crippen LogP) is 8.07. The molecular weight excluding hydrogens is 647 g/mol. The Labute approximate surface area is 284 Å². The zero-order valence-electron chi connectivity index (χ0n) is 26.1. The number of thiazole rings is 1. The standard InChI is InChI=1S/C34H42Cl2N4O3S2/c1-3-38(26-11-7-23(8-12-26)19-34(42)43)18-15-31(41)37-16-5-6-17-40-28-21-25(36)10-14-30(28)45-33(40)22-32-39(4-2)27-20-24(35)9-13-29(27)44-32/h9-10,13-14,20-23,26H,3-8,11-12,15-19H2,1-2H3,(H-,37,41,42,43)/p+1. The van der Waals surface area contributed by atoms with Gasteiger partial charge in [-0.2, -0.15) is 4.57 Å². The third kappa shape index (κ3) is 8.74. The maximum Gasteiger partial charge on any atom is 0.303 e. The molecule has 2 aliphatic rings. The molecule has 1 aromatic heterocycles. The van der Waals surface area contributed by atoms with Crippen LogP contribution in [-0.2, 0) is 16.1 Å². The first kappa shape index (κ1) is 34.0. The van der Waals surface area contributed by atoms with Gasteiger partial charge in [0.15, 0.2) is 6.54 Å². The molecule has 2 aromatic carbocycles. The average molecular weight is 691 g/mol. The highest BCUT2D eigenvalue weighted by Gasteiger charge is 2.28. The highest BCUT2D eigenvalue weighted by Crippen LogP contribution is 2.47. The number of carboxylic acid groups (broad SMARTS) is 1. The minimum atomic E-state index is -0.698. The number of rotatable bonds is 14. The van der Waals surface area contributed by atoms with Crippen molar-refractivity contribution in [2.24, 2.45) is 5.92 Å². The van der Waals surface area contributed by atoms with Gasteiger partial charge in [0, 0.05) is 65.9 Å².